The first-order valence-electron chi connectivity index (χ1n) is 11.9. The lowest BCUT2D eigenvalue weighted by atomic mass is 9.95. The number of likely N-dealkylation sites (tertiary alicyclic amines) is 1. The molecule has 2 aliphatic rings. The second-order valence-corrected chi connectivity index (χ2v) is 9.36. The molecule has 0 saturated carbocycles. The van der Waals surface area contributed by atoms with E-state index in [-0.39, 0.29) is 0 Å². The standard InChI is InChI=1S/C28H38FN3/c1-8-24-14-26(23(7)32-16-18(2)12-27(29)17-32)15-28(20(24)4)31-21(5)19(3)13-25-10-9-11-30-22(25)6/h10,13-15,18,27H,7-9,11-12,16-17H2,1-6H3/b19-13+,31-21+. The van der Waals surface area contributed by atoms with Crippen molar-refractivity contribution in [2.45, 2.75) is 67.0 Å². The summed E-state index contributed by atoms with van der Waals surface area (Å²) in [6.07, 6.45) is 6.20. The summed E-state index contributed by atoms with van der Waals surface area (Å²) >= 11 is 0. The SMILES string of the molecule is C=C(c1cc(CC)c(C)c(/N=C(C)/C(C)=C/C2=CCCN=C2C)c1)N1CC(C)CC(F)C1. The van der Waals surface area contributed by atoms with Gasteiger partial charge in [0.25, 0.3) is 0 Å². The van der Waals surface area contributed by atoms with E-state index in [0.717, 1.165) is 59.9 Å². The highest BCUT2D eigenvalue weighted by Gasteiger charge is 2.26. The lowest BCUT2D eigenvalue weighted by molar-refractivity contribution is 0.148. The summed E-state index contributed by atoms with van der Waals surface area (Å²) in [5.74, 6) is 0.334. The number of aryl methyl sites for hydroxylation is 1. The van der Waals surface area contributed by atoms with Crippen LogP contribution in [0.3, 0.4) is 0 Å². The lowest BCUT2D eigenvalue weighted by Gasteiger charge is -2.36. The minimum absolute atomic E-state index is 0.334. The minimum Gasteiger partial charge on any atom is -0.368 e. The van der Waals surface area contributed by atoms with Gasteiger partial charge < -0.3 is 4.90 Å². The lowest BCUT2D eigenvalue weighted by Crippen LogP contribution is -2.39. The van der Waals surface area contributed by atoms with E-state index >= 15 is 0 Å². The van der Waals surface area contributed by atoms with Gasteiger partial charge in [-0.05, 0) is 98.9 Å². The molecule has 3 rings (SSSR count). The monoisotopic (exact) mass is 435 g/mol. The van der Waals surface area contributed by atoms with Gasteiger partial charge >= 0.3 is 0 Å². The number of benzene rings is 1. The van der Waals surface area contributed by atoms with E-state index in [1.54, 1.807) is 0 Å². The van der Waals surface area contributed by atoms with Crippen LogP contribution >= 0.6 is 0 Å². The fourth-order valence-corrected chi connectivity index (χ4v) is 4.55. The summed E-state index contributed by atoms with van der Waals surface area (Å²) in [7, 11) is 0. The Labute approximate surface area is 193 Å². The van der Waals surface area contributed by atoms with Gasteiger partial charge in [-0.1, -0.05) is 26.5 Å². The summed E-state index contributed by atoms with van der Waals surface area (Å²) in [6, 6.07) is 4.32. The Hall–Kier alpha value is -2.49. The number of alkyl halides is 1. The van der Waals surface area contributed by atoms with Crippen molar-refractivity contribution >= 4 is 22.8 Å². The average molecular weight is 436 g/mol. The van der Waals surface area contributed by atoms with Crippen LogP contribution in [-0.2, 0) is 6.42 Å². The van der Waals surface area contributed by atoms with Gasteiger partial charge in [0.2, 0.25) is 0 Å². The Morgan fingerprint density at radius 1 is 1.28 bits per heavy atom. The maximum atomic E-state index is 14.2. The topological polar surface area (TPSA) is 28.0 Å². The molecule has 1 saturated heterocycles. The molecule has 172 valence electrons. The molecule has 2 unspecified atom stereocenters. The zero-order chi connectivity index (χ0) is 23.4. The van der Waals surface area contributed by atoms with Crippen LogP contribution < -0.4 is 0 Å². The van der Waals surface area contributed by atoms with Crippen molar-refractivity contribution in [3.05, 3.63) is 58.7 Å². The number of aliphatic imine (C=N–C) groups is 2. The zero-order valence-corrected chi connectivity index (χ0v) is 20.6. The summed E-state index contributed by atoms with van der Waals surface area (Å²) in [5, 5.41) is 0. The van der Waals surface area contributed by atoms with Crippen LogP contribution in [0.2, 0.25) is 0 Å². The molecule has 3 nitrogen and oxygen atoms in total. The van der Waals surface area contributed by atoms with Gasteiger partial charge in [-0.3, -0.25) is 9.98 Å². The minimum atomic E-state index is -0.791. The maximum absolute atomic E-state index is 14.2. The number of piperidine rings is 1. The van der Waals surface area contributed by atoms with Gasteiger partial charge in [0.05, 0.1) is 5.69 Å². The normalized spacial score (nSPS) is 22.5. The molecular formula is C28H38FN3. The Morgan fingerprint density at radius 2 is 2.03 bits per heavy atom. The maximum Gasteiger partial charge on any atom is 0.118 e. The molecule has 2 aliphatic heterocycles. The molecule has 0 bridgehead atoms. The number of hydrogen-bond donors (Lipinski definition) is 0. The number of rotatable bonds is 6. The first kappa shape index (κ1) is 24.2. The molecule has 0 N–H and O–H groups in total. The van der Waals surface area contributed by atoms with Crippen LogP contribution in [0.25, 0.3) is 5.70 Å². The van der Waals surface area contributed by atoms with E-state index in [1.807, 2.05) is 0 Å². The molecule has 0 spiro atoms. The average Bonchev–Trinajstić information content (AvgIpc) is 2.75. The molecule has 0 aromatic heterocycles. The Kier molecular flexibility index (Phi) is 7.86. The molecule has 2 atom stereocenters. The van der Waals surface area contributed by atoms with Gasteiger partial charge in [-0.15, -0.1) is 0 Å². The fraction of sp³-hybridized carbons (Fsp3) is 0.500. The molecule has 1 fully saturated rings. The third-order valence-corrected chi connectivity index (χ3v) is 6.68. The molecule has 0 radical (unpaired) electrons. The summed E-state index contributed by atoms with van der Waals surface area (Å²) in [6.45, 7) is 19.1. The van der Waals surface area contributed by atoms with E-state index in [2.05, 4.69) is 82.3 Å². The van der Waals surface area contributed by atoms with E-state index in [1.165, 1.54) is 16.7 Å². The van der Waals surface area contributed by atoms with Gasteiger partial charge in [-0.25, -0.2) is 4.39 Å². The van der Waals surface area contributed by atoms with Crippen molar-refractivity contribution in [2.75, 3.05) is 19.6 Å². The molecule has 1 aromatic rings. The Bertz CT molecular complexity index is 986. The largest absolute Gasteiger partial charge is 0.368 e. The molecular weight excluding hydrogens is 397 g/mol. The molecule has 4 heteroatoms. The van der Waals surface area contributed by atoms with Crippen LogP contribution in [0.5, 0.6) is 0 Å². The van der Waals surface area contributed by atoms with Crippen molar-refractivity contribution in [3.8, 4) is 0 Å². The van der Waals surface area contributed by atoms with Crippen molar-refractivity contribution in [1.29, 1.82) is 0 Å². The molecule has 0 amide bonds. The molecule has 1 aromatic carbocycles. The van der Waals surface area contributed by atoms with Gasteiger partial charge in [0.1, 0.15) is 6.17 Å². The van der Waals surface area contributed by atoms with Gasteiger partial charge in [0.15, 0.2) is 0 Å². The number of nitrogens with zero attached hydrogens (tertiary/aromatic N) is 3. The van der Waals surface area contributed by atoms with Crippen molar-refractivity contribution in [3.63, 3.8) is 0 Å². The number of halogens is 1. The Morgan fingerprint density at radius 3 is 2.69 bits per heavy atom. The quantitative estimate of drug-likeness (QED) is 0.441. The highest BCUT2D eigenvalue weighted by molar-refractivity contribution is 6.05. The summed E-state index contributed by atoms with van der Waals surface area (Å²) in [4.78, 5) is 11.7. The zero-order valence-electron chi connectivity index (χ0n) is 20.6. The first-order valence-corrected chi connectivity index (χ1v) is 11.9. The predicted octanol–water partition coefficient (Wildman–Crippen LogP) is 7.04. The van der Waals surface area contributed by atoms with E-state index in [0.29, 0.717) is 18.9 Å². The highest BCUT2D eigenvalue weighted by Crippen LogP contribution is 2.32. The van der Waals surface area contributed by atoms with Crippen molar-refractivity contribution in [2.24, 2.45) is 15.9 Å². The second-order valence-electron chi connectivity index (χ2n) is 9.36. The summed E-state index contributed by atoms with van der Waals surface area (Å²) in [5.41, 5.74) is 9.78. The van der Waals surface area contributed by atoms with Gasteiger partial charge in [-0.2, -0.15) is 0 Å². The second kappa shape index (κ2) is 10.4. The van der Waals surface area contributed by atoms with E-state index in [4.69, 9.17) is 4.99 Å². The Balaban J connectivity index is 1.93. The predicted molar refractivity (Wildman–Crippen MR) is 137 cm³/mol. The van der Waals surface area contributed by atoms with Crippen LogP contribution in [0.1, 0.15) is 64.2 Å². The van der Waals surface area contributed by atoms with Crippen molar-refractivity contribution in [1.82, 2.24) is 4.90 Å². The number of dihydropyridines is 1. The summed E-state index contributed by atoms with van der Waals surface area (Å²) < 4.78 is 14.2. The number of allylic oxidation sites excluding steroid dienone is 3. The first-order chi connectivity index (χ1) is 15.2. The van der Waals surface area contributed by atoms with Crippen molar-refractivity contribution < 1.29 is 4.39 Å². The van der Waals surface area contributed by atoms with Crippen LogP contribution in [0, 0.1) is 12.8 Å². The van der Waals surface area contributed by atoms with E-state index in [9.17, 15) is 4.39 Å². The third kappa shape index (κ3) is 5.65. The van der Waals surface area contributed by atoms with Crippen LogP contribution in [-0.4, -0.2) is 42.1 Å². The van der Waals surface area contributed by atoms with Gasteiger partial charge in [0, 0.05) is 36.8 Å². The van der Waals surface area contributed by atoms with E-state index < -0.39 is 6.17 Å². The fourth-order valence-electron chi connectivity index (χ4n) is 4.55. The van der Waals surface area contributed by atoms with Crippen LogP contribution in [0.15, 0.2) is 52.0 Å². The van der Waals surface area contributed by atoms with Crippen LogP contribution in [0.4, 0.5) is 10.1 Å². The third-order valence-electron chi connectivity index (χ3n) is 6.68. The molecule has 32 heavy (non-hydrogen) atoms. The smallest absolute Gasteiger partial charge is 0.118 e. The highest BCUT2D eigenvalue weighted by atomic mass is 19.1. The molecule has 0 aliphatic carbocycles. The number of hydrogen-bond acceptors (Lipinski definition) is 3. The molecule has 2 heterocycles.